The largest absolute Gasteiger partial charge is 0.504 e. The molecule has 1 aromatic heterocycles. The average Bonchev–Trinajstić information content (AvgIpc) is 2.53. The van der Waals surface area contributed by atoms with E-state index < -0.39 is 0 Å². The Kier molecular flexibility index (Phi) is 3.36. The molecule has 4 heteroatoms. The van der Waals surface area contributed by atoms with Crippen molar-refractivity contribution in [3.63, 3.8) is 0 Å². The number of aromatic nitrogens is 1. The van der Waals surface area contributed by atoms with Gasteiger partial charge in [0.25, 0.3) is 0 Å². The van der Waals surface area contributed by atoms with E-state index in [1.54, 1.807) is 25.4 Å². The van der Waals surface area contributed by atoms with Gasteiger partial charge in [-0.2, -0.15) is 0 Å². The predicted molar refractivity (Wildman–Crippen MR) is 81.9 cm³/mol. The van der Waals surface area contributed by atoms with Crippen LogP contribution in [0, 0.1) is 0 Å². The summed E-state index contributed by atoms with van der Waals surface area (Å²) >= 11 is 0. The van der Waals surface area contributed by atoms with Crippen LogP contribution in [-0.4, -0.2) is 24.3 Å². The van der Waals surface area contributed by atoms with Crippen molar-refractivity contribution in [3.05, 3.63) is 48.7 Å². The summed E-state index contributed by atoms with van der Waals surface area (Å²) in [7, 11) is 3.16. The van der Waals surface area contributed by atoms with E-state index in [0.29, 0.717) is 5.75 Å². The molecule has 4 nitrogen and oxygen atoms in total. The molecule has 0 aliphatic rings. The lowest BCUT2D eigenvalue weighted by Crippen LogP contribution is -1.88. The molecule has 106 valence electrons. The van der Waals surface area contributed by atoms with Gasteiger partial charge in [-0.3, -0.25) is 4.98 Å². The lowest BCUT2D eigenvalue weighted by atomic mass is 10.0. The molecule has 2 aromatic carbocycles. The van der Waals surface area contributed by atoms with Crippen LogP contribution in [-0.2, 0) is 0 Å². The van der Waals surface area contributed by atoms with Crippen molar-refractivity contribution in [3.8, 4) is 28.4 Å². The maximum atomic E-state index is 9.96. The van der Waals surface area contributed by atoms with E-state index in [-0.39, 0.29) is 5.75 Å². The molecule has 3 aromatic rings. The summed E-state index contributed by atoms with van der Waals surface area (Å²) < 4.78 is 10.4. The van der Waals surface area contributed by atoms with Gasteiger partial charge in [0.1, 0.15) is 5.75 Å². The highest BCUT2D eigenvalue weighted by Crippen LogP contribution is 2.35. The molecule has 0 spiro atoms. The second kappa shape index (κ2) is 5.32. The minimum absolute atomic E-state index is 0.114. The van der Waals surface area contributed by atoms with Crippen molar-refractivity contribution in [2.75, 3.05) is 14.2 Å². The van der Waals surface area contributed by atoms with Crippen molar-refractivity contribution in [1.82, 2.24) is 4.98 Å². The Morgan fingerprint density at radius 3 is 2.52 bits per heavy atom. The summed E-state index contributed by atoms with van der Waals surface area (Å²) in [5, 5.41) is 10.9. The second-order valence-corrected chi connectivity index (χ2v) is 4.63. The number of aromatic hydroxyl groups is 1. The Morgan fingerprint density at radius 1 is 0.952 bits per heavy atom. The van der Waals surface area contributed by atoms with Crippen LogP contribution in [0.1, 0.15) is 0 Å². The normalized spacial score (nSPS) is 10.6. The van der Waals surface area contributed by atoms with Crippen LogP contribution in [0.5, 0.6) is 17.2 Å². The molecule has 0 aliphatic carbocycles. The third-order valence-electron chi connectivity index (χ3n) is 3.44. The molecule has 0 radical (unpaired) electrons. The highest BCUT2D eigenvalue weighted by Gasteiger charge is 2.09. The molecule has 0 atom stereocenters. The maximum absolute atomic E-state index is 9.96. The highest BCUT2D eigenvalue weighted by molar-refractivity contribution is 5.95. The van der Waals surface area contributed by atoms with Gasteiger partial charge in [0.05, 0.1) is 19.7 Å². The molecular formula is C17H15NO3. The first-order valence-corrected chi connectivity index (χ1v) is 6.53. The van der Waals surface area contributed by atoms with Crippen LogP contribution >= 0.6 is 0 Å². The molecule has 0 amide bonds. The number of methoxy groups -OCH3 is 2. The van der Waals surface area contributed by atoms with Gasteiger partial charge in [-0.15, -0.1) is 0 Å². The number of nitrogens with zero attached hydrogens (tertiary/aromatic N) is 1. The molecular weight excluding hydrogens is 266 g/mol. The molecule has 1 N–H and O–H groups in total. The third-order valence-corrected chi connectivity index (χ3v) is 3.44. The van der Waals surface area contributed by atoms with Gasteiger partial charge in [0.2, 0.25) is 0 Å². The number of fused-ring (bicyclic) bond motifs is 1. The zero-order chi connectivity index (χ0) is 14.8. The molecule has 0 fully saturated rings. The number of hydrogen-bond donors (Lipinski definition) is 1. The third kappa shape index (κ3) is 2.36. The Hall–Kier alpha value is -2.75. The maximum Gasteiger partial charge on any atom is 0.160 e. The van der Waals surface area contributed by atoms with E-state index in [1.165, 1.54) is 7.11 Å². The van der Waals surface area contributed by atoms with Crippen LogP contribution in [0.25, 0.3) is 22.0 Å². The smallest absolute Gasteiger partial charge is 0.160 e. The first kappa shape index (κ1) is 13.2. The molecule has 3 rings (SSSR count). The number of phenols is 1. The van der Waals surface area contributed by atoms with Gasteiger partial charge in [0.15, 0.2) is 11.5 Å². The molecule has 0 saturated heterocycles. The Bertz CT molecular complexity index is 799. The fraction of sp³-hybridized carbons (Fsp3) is 0.118. The van der Waals surface area contributed by atoms with E-state index in [2.05, 4.69) is 4.98 Å². The second-order valence-electron chi connectivity index (χ2n) is 4.63. The highest BCUT2D eigenvalue weighted by atomic mass is 16.5. The monoisotopic (exact) mass is 281 g/mol. The number of ether oxygens (including phenoxy) is 2. The summed E-state index contributed by atoms with van der Waals surface area (Å²) in [5.74, 6) is 1.34. The molecule has 1 heterocycles. The first-order chi connectivity index (χ1) is 10.2. The van der Waals surface area contributed by atoms with E-state index in [1.807, 2.05) is 30.3 Å². The topological polar surface area (TPSA) is 51.6 Å². The molecule has 0 saturated carbocycles. The average molecular weight is 281 g/mol. The van der Waals surface area contributed by atoms with Crippen LogP contribution < -0.4 is 9.47 Å². The number of rotatable bonds is 3. The lowest BCUT2D eigenvalue weighted by molar-refractivity contribution is 0.373. The Labute approximate surface area is 122 Å². The fourth-order valence-electron chi connectivity index (χ4n) is 2.36. The zero-order valence-electron chi connectivity index (χ0n) is 11.8. The zero-order valence-corrected chi connectivity index (χ0v) is 11.8. The van der Waals surface area contributed by atoms with E-state index in [0.717, 1.165) is 27.8 Å². The lowest BCUT2D eigenvalue weighted by Gasteiger charge is -2.10. The van der Waals surface area contributed by atoms with E-state index >= 15 is 0 Å². The van der Waals surface area contributed by atoms with Crippen molar-refractivity contribution in [2.24, 2.45) is 0 Å². The Morgan fingerprint density at radius 2 is 1.81 bits per heavy atom. The minimum atomic E-state index is 0.114. The van der Waals surface area contributed by atoms with E-state index in [4.69, 9.17) is 9.47 Å². The molecule has 21 heavy (non-hydrogen) atoms. The molecule has 0 bridgehead atoms. The minimum Gasteiger partial charge on any atom is -0.504 e. The number of benzene rings is 2. The van der Waals surface area contributed by atoms with Gasteiger partial charge in [-0.25, -0.2) is 0 Å². The first-order valence-electron chi connectivity index (χ1n) is 6.53. The number of hydrogen-bond acceptors (Lipinski definition) is 4. The van der Waals surface area contributed by atoms with Gasteiger partial charge in [-0.1, -0.05) is 6.07 Å². The van der Waals surface area contributed by atoms with Crippen molar-refractivity contribution in [1.29, 1.82) is 0 Å². The predicted octanol–water partition coefficient (Wildman–Crippen LogP) is 3.62. The number of phenolic OH excluding ortho intramolecular Hbond substituents is 1. The summed E-state index contributed by atoms with van der Waals surface area (Å²) in [5.41, 5.74) is 2.76. The van der Waals surface area contributed by atoms with Crippen molar-refractivity contribution < 1.29 is 14.6 Å². The number of pyridine rings is 1. The summed E-state index contributed by atoms with van der Waals surface area (Å²) in [6.07, 6.45) is 1.76. The SMILES string of the molecule is COc1ccc2nccc(-c3ccc(OC)c(O)c3)c2c1. The van der Waals surface area contributed by atoms with E-state index in [9.17, 15) is 5.11 Å². The van der Waals surface area contributed by atoms with Crippen LogP contribution in [0.3, 0.4) is 0 Å². The van der Waals surface area contributed by atoms with Gasteiger partial charge < -0.3 is 14.6 Å². The summed E-state index contributed by atoms with van der Waals surface area (Å²) in [6.45, 7) is 0. The fourth-order valence-corrected chi connectivity index (χ4v) is 2.36. The van der Waals surface area contributed by atoms with Gasteiger partial charge in [-0.05, 0) is 47.5 Å². The van der Waals surface area contributed by atoms with Crippen molar-refractivity contribution >= 4 is 10.9 Å². The summed E-state index contributed by atoms with van der Waals surface area (Å²) in [4.78, 5) is 4.36. The van der Waals surface area contributed by atoms with Gasteiger partial charge in [0, 0.05) is 11.6 Å². The standard InChI is InChI=1S/C17H15NO3/c1-20-12-4-5-15-14(10-12)13(7-8-18-15)11-3-6-17(21-2)16(19)9-11/h3-10,19H,1-2H3. The quantitative estimate of drug-likeness (QED) is 0.796. The molecule has 0 unspecified atom stereocenters. The van der Waals surface area contributed by atoms with Crippen LogP contribution in [0.15, 0.2) is 48.7 Å². The molecule has 0 aliphatic heterocycles. The van der Waals surface area contributed by atoms with Crippen LogP contribution in [0.2, 0.25) is 0 Å². The van der Waals surface area contributed by atoms with Crippen LogP contribution in [0.4, 0.5) is 0 Å². The van der Waals surface area contributed by atoms with Gasteiger partial charge >= 0.3 is 0 Å². The van der Waals surface area contributed by atoms with Crippen molar-refractivity contribution in [2.45, 2.75) is 0 Å². The Balaban J connectivity index is 2.21. The summed E-state index contributed by atoms with van der Waals surface area (Å²) in [6, 6.07) is 13.0.